The Bertz CT molecular complexity index is 435. The smallest absolute Gasteiger partial charge is 0.218 e. The molecule has 2 aliphatic heterocycles. The first-order valence-electron chi connectivity index (χ1n) is 5.43. The number of aliphatic imine (C=N–C) groups is 2. The van der Waals surface area contributed by atoms with E-state index in [1.54, 1.807) is 25.0 Å². The number of allylic oxidation sites excluding steroid dienone is 2. The van der Waals surface area contributed by atoms with Crippen molar-refractivity contribution in [2.45, 2.75) is 12.8 Å². The summed E-state index contributed by atoms with van der Waals surface area (Å²) in [6.45, 7) is 0.275. The molecular weight excluding hydrogens is 226 g/mol. The second-order valence-corrected chi connectivity index (χ2v) is 5.05. The zero-order valence-electron chi connectivity index (χ0n) is 8.75. The molecule has 0 amide bonds. The first-order valence-corrected chi connectivity index (χ1v) is 5.76. The number of aliphatic hydroxyl groups is 1. The lowest BCUT2D eigenvalue weighted by Gasteiger charge is -2.33. The SMILES string of the molecule is OCC1CC(C2=C3C=NC=C[N+]3(Cl)C=N2)C1. The third-order valence-electron chi connectivity index (χ3n) is 3.44. The van der Waals surface area contributed by atoms with E-state index in [0.29, 0.717) is 11.8 Å². The summed E-state index contributed by atoms with van der Waals surface area (Å²) in [6.07, 6.45) is 8.99. The molecule has 1 unspecified atom stereocenters. The summed E-state index contributed by atoms with van der Waals surface area (Å²) in [5.41, 5.74) is 1.98. The van der Waals surface area contributed by atoms with Crippen molar-refractivity contribution in [3.63, 3.8) is 0 Å². The molecule has 4 nitrogen and oxygen atoms in total. The van der Waals surface area contributed by atoms with Crippen LogP contribution >= 0.6 is 11.8 Å². The van der Waals surface area contributed by atoms with Crippen molar-refractivity contribution in [2.24, 2.45) is 21.8 Å². The minimum atomic E-state index is 0.110. The molecule has 0 radical (unpaired) electrons. The first kappa shape index (κ1) is 10.2. The van der Waals surface area contributed by atoms with Gasteiger partial charge in [0.25, 0.3) is 0 Å². The lowest BCUT2D eigenvalue weighted by atomic mass is 9.73. The molecule has 0 aromatic rings. The molecule has 1 saturated carbocycles. The number of rotatable bonds is 2. The maximum atomic E-state index is 9.01. The van der Waals surface area contributed by atoms with Gasteiger partial charge in [-0.05, 0) is 18.8 Å². The van der Waals surface area contributed by atoms with Crippen LogP contribution in [-0.2, 0) is 0 Å². The van der Waals surface area contributed by atoms with Crippen LogP contribution in [0.2, 0.25) is 0 Å². The van der Waals surface area contributed by atoms with Gasteiger partial charge in [0, 0.05) is 12.5 Å². The van der Waals surface area contributed by atoms with Crippen molar-refractivity contribution >= 4 is 24.3 Å². The van der Waals surface area contributed by atoms with Gasteiger partial charge in [0.05, 0.1) is 12.4 Å². The molecule has 5 heteroatoms. The Morgan fingerprint density at radius 1 is 1.50 bits per heavy atom. The van der Waals surface area contributed by atoms with Gasteiger partial charge >= 0.3 is 0 Å². The summed E-state index contributed by atoms with van der Waals surface area (Å²) in [4.78, 5) is 8.52. The van der Waals surface area contributed by atoms with Crippen LogP contribution in [-0.4, -0.2) is 28.3 Å². The van der Waals surface area contributed by atoms with Crippen LogP contribution in [0, 0.1) is 11.8 Å². The highest BCUT2D eigenvalue weighted by molar-refractivity contribution is 6.14. The Morgan fingerprint density at radius 2 is 2.31 bits per heavy atom. The van der Waals surface area contributed by atoms with Gasteiger partial charge in [0.2, 0.25) is 12.0 Å². The third-order valence-corrected chi connectivity index (χ3v) is 3.83. The Labute approximate surface area is 99.0 Å². The molecule has 2 heterocycles. The number of quaternary nitrogens is 1. The van der Waals surface area contributed by atoms with Crippen LogP contribution in [0.4, 0.5) is 0 Å². The molecule has 0 saturated heterocycles. The van der Waals surface area contributed by atoms with Crippen LogP contribution in [0.1, 0.15) is 12.8 Å². The van der Waals surface area contributed by atoms with Gasteiger partial charge in [0.1, 0.15) is 11.9 Å². The molecule has 84 valence electrons. The number of hydrogen-bond donors (Lipinski definition) is 1. The van der Waals surface area contributed by atoms with Crippen LogP contribution < -0.4 is 0 Å². The van der Waals surface area contributed by atoms with Crippen LogP contribution in [0.5, 0.6) is 0 Å². The van der Waals surface area contributed by atoms with Gasteiger partial charge < -0.3 is 5.11 Å². The van der Waals surface area contributed by atoms with E-state index in [4.69, 9.17) is 16.9 Å². The van der Waals surface area contributed by atoms with Crippen molar-refractivity contribution in [3.05, 3.63) is 23.8 Å². The summed E-state index contributed by atoms with van der Waals surface area (Å²) >= 11 is 6.37. The van der Waals surface area contributed by atoms with E-state index in [-0.39, 0.29) is 10.6 Å². The lowest BCUT2D eigenvalue weighted by Crippen LogP contribution is -2.32. The molecular formula is C11H13ClN3O+. The molecule has 3 aliphatic rings. The monoisotopic (exact) mass is 238 g/mol. The summed E-state index contributed by atoms with van der Waals surface area (Å²) in [6, 6.07) is 0. The predicted molar refractivity (Wildman–Crippen MR) is 62.6 cm³/mol. The maximum Gasteiger partial charge on any atom is 0.218 e. The third kappa shape index (κ3) is 1.38. The molecule has 16 heavy (non-hydrogen) atoms. The Balaban J connectivity index is 1.87. The van der Waals surface area contributed by atoms with Gasteiger partial charge in [0.15, 0.2) is 11.8 Å². The zero-order valence-corrected chi connectivity index (χ0v) is 9.51. The summed E-state index contributed by atoms with van der Waals surface area (Å²) < 4.78 is 0.110. The van der Waals surface area contributed by atoms with E-state index in [1.165, 1.54) is 0 Å². The van der Waals surface area contributed by atoms with Crippen molar-refractivity contribution < 1.29 is 9.11 Å². The highest BCUT2D eigenvalue weighted by atomic mass is 35.5. The fourth-order valence-corrected chi connectivity index (χ4v) is 2.62. The molecule has 1 fully saturated rings. The molecule has 3 rings (SSSR count). The number of nitrogens with zero attached hydrogens (tertiary/aromatic N) is 3. The molecule has 0 aromatic carbocycles. The minimum Gasteiger partial charge on any atom is -0.396 e. The number of fused-ring (bicyclic) bond motifs is 1. The Hall–Kier alpha value is -0.970. The fraction of sp³-hybridized carbons (Fsp3) is 0.455. The summed E-state index contributed by atoms with van der Waals surface area (Å²) in [5, 5.41) is 9.01. The average Bonchev–Trinajstić information content (AvgIpc) is 2.55. The largest absolute Gasteiger partial charge is 0.396 e. The number of aliphatic hydroxyl groups excluding tert-OH is 1. The number of halogens is 1. The second-order valence-electron chi connectivity index (χ2n) is 4.50. The van der Waals surface area contributed by atoms with Crippen molar-refractivity contribution in [2.75, 3.05) is 6.61 Å². The fourth-order valence-electron chi connectivity index (χ4n) is 2.40. The summed E-state index contributed by atoms with van der Waals surface area (Å²) in [5.74, 6) is 0.863. The standard InChI is InChI=1S/C11H13ClN3O/c12-15-2-1-13-5-10(15)11(14-7-15)9-3-8(4-9)6-16/h1-2,5,7-9,16H,3-4,6H2/q+1. The topological polar surface area (TPSA) is 45.0 Å². The Morgan fingerprint density at radius 3 is 3.06 bits per heavy atom. The minimum absolute atomic E-state index is 0.110. The molecule has 1 N–H and O–H groups in total. The molecule has 1 atom stereocenters. The van der Waals surface area contributed by atoms with Gasteiger partial charge in [-0.15, -0.1) is 4.00 Å². The van der Waals surface area contributed by atoms with Crippen molar-refractivity contribution in [1.82, 2.24) is 0 Å². The quantitative estimate of drug-likeness (QED) is 0.733. The van der Waals surface area contributed by atoms with E-state index >= 15 is 0 Å². The Kier molecular flexibility index (Phi) is 2.24. The van der Waals surface area contributed by atoms with E-state index in [9.17, 15) is 0 Å². The predicted octanol–water partition coefficient (Wildman–Crippen LogP) is 1.78. The zero-order chi connectivity index (χ0) is 11.2. The highest BCUT2D eigenvalue weighted by Gasteiger charge is 2.43. The van der Waals surface area contributed by atoms with Gasteiger partial charge in [-0.25, -0.2) is 0 Å². The van der Waals surface area contributed by atoms with Crippen molar-refractivity contribution in [3.8, 4) is 0 Å². The molecule has 1 aliphatic carbocycles. The maximum absolute atomic E-state index is 9.01. The van der Waals surface area contributed by atoms with Gasteiger partial charge in [-0.3, -0.25) is 4.99 Å². The van der Waals surface area contributed by atoms with Crippen LogP contribution in [0.15, 0.2) is 33.8 Å². The van der Waals surface area contributed by atoms with Crippen molar-refractivity contribution in [1.29, 1.82) is 0 Å². The van der Waals surface area contributed by atoms with E-state index in [1.807, 2.05) is 0 Å². The van der Waals surface area contributed by atoms with Gasteiger partial charge in [-0.2, -0.15) is 4.99 Å². The first-order chi connectivity index (χ1) is 7.73. The van der Waals surface area contributed by atoms with E-state index in [2.05, 4.69) is 9.98 Å². The lowest BCUT2D eigenvalue weighted by molar-refractivity contribution is -0.592. The highest BCUT2D eigenvalue weighted by Crippen LogP contribution is 2.44. The molecule has 0 spiro atoms. The molecule has 0 bridgehead atoms. The molecule has 0 aromatic heterocycles. The number of hydrogen-bond acceptors (Lipinski definition) is 3. The normalized spacial score (nSPS) is 40.1. The van der Waals surface area contributed by atoms with E-state index < -0.39 is 0 Å². The second kappa shape index (κ2) is 3.52. The van der Waals surface area contributed by atoms with E-state index in [0.717, 1.165) is 24.2 Å². The van der Waals surface area contributed by atoms with Gasteiger partial charge in [-0.1, -0.05) is 0 Å². The summed E-state index contributed by atoms with van der Waals surface area (Å²) in [7, 11) is 0. The average molecular weight is 239 g/mol. The van der Waals surface area contributed by atoms with Crippen LogP contribution in [0.3, 0.4) is 0 Å². The van der Waals surface area contributed by atoms with Crippen LogP contribution in [0.25, 0.3) is 0 Å².